The summed E-state index contributed by atoms with van der Waals surface area (Å²) in [5.74, 6) is 1.01. The first-order valence-electron chi connectivity index (χ1n) is 13.6. The largest absolute Gasteiger partial charge is 0.377 e. The summed E-state index contributed by atoms with van der Waals surface area (Å²) in [5, 5.41) is 14.9. The summed E-state index contributed by atoms with van der Waals surface area (Å²) < 4.78 is 32.5. The predicted molar refractivity (Wildman–Crippen MR) is 155 cm³/mol. The molecule has 2 amide bonds. The Balaban J connectivity index is 1.38. The average Bonchev–Trinajstić information content (AvgIpc) is 3.89. The van der Waals surface area contributed by atoms with Crippen LogP contribution in [0.1, 0.15) is 43.9 Å². The number of carbonyl (C=O) groups excluding carboxylic acids is 1. The van der Waals surface area contributed by atoms with Crippen molar-refractivity contribution in [2.75, 3.05) is 30.0 Å². The van der Waals surface area contributed by atoms with Gasteiger partial charge in [-0.3, -0.25) is 0 Å². The van der Waals surface area contributed by atoms with Crippen LogP contribution in [0.3, 0.4) is 0 Å². The number of sulfone groups is 1. The fourth-order valence-electron chi connectivity index (χ4n) is 5.07. The number of urea groups is 1. The first-order chi connectivity index (χ1) is 19.7. The highest BCUT2D eigenvalue weighted by Crippen LogP contribution is 2.56. The molecular formula is C29H29ClN6O4S. The molecule has 6 rings (SSSR count). The maximum Gasteiger partial charge on any atom is 0.319 e. The third-order valence-electron chi connectivity index (χ3n) is 7.72. The lowest BCUT2D eigenvalue weighted by atomic mass is 10.1. The molecule has 2 saturated carbocycles. The molecule has 1 atom stereocenters. The van der Waals surface area contributed by atoms with Gasteiger partial charge in [0.25, 0.3) is 0 Å². The van der Waals surface area contributed by atoms with Gasteiger partial charge < -0.3 is 20.3 Å². The number of anilines is 2. The summed E-state index contributed by atoms with van der Waals surface area (Å²) in [6, 6.07) is 15.2. The van der Waals surface area contributed by atoms with Gasteiger partial charge in [-0.1, -0.05) is 11.6 Å². The lowest BCUT2D eigenvalue weighted by Gasteiger charge is -2.34. The lowest BCUT2D eigenvalue weighted by Crippen LogP contribution is -2.44. The third-order valence-corrected chi connectivity index (χ3v) is 10.7. The van der Waals surface area contributed by atoms with Crippen molar-refractivity contribution in [3.63, 3.8) is 0 Å². The zero-order chi connectivity index (χ0) is 28.8. The number of rotatable bonds is 7. The number of carbonyl (C=O) groups is 1. The van der Waals surface area contributed by atoms with Gasteiger partial charge in [-0.15, -0.1) is 0 Å². The van der Waals surface area contributed by atoms with E-state index in [1.165, 1.54) is 18.2 Å². The van der Waals surface area contributed by atoms with Crippen LogP contribution in [0.4, 0.5) is 16.3 Å². The van der Waals surface area contributed by atoms with Gasteiger partial charge in [-0.05, 0) is 75.1 Å². The molecule has 1 saturated heterocycles. The van der Waals surface area contributed by atoms with Gasteiger partial charge in [0.1, 0.15) is 10.6 Å². The van der Waals surface area contributed by atoms with E-state index < -0.39 is 14.6 Å². The number of halogens is 1. The molecule has 41 heavy (non-hydrogen) atoms. The minimum absolute atomic E-state index is 0.0143. The predicted octanol–water partition coefficient (Wildman–Crippen LogP) is 4.64. The second kappa shape index (κ2) is 10.6. The molecule has 12 heteroatoms. The molecule has 212 valence electrons. The highest BCUT2D eigenvalue weighted by atomic mass is 35.5. The summed E-state index contributed by atoms with van der Waals surface area (Å²) in [6.07, 6.45) is 2.77. The highest BCUT2D eigenvalue weighted by Gasteiger charge is 2.58. The molecule has 10 nitrogen and oxygen atoms in total. The van der Waals surface area contributed by atoms with Gasteiger partial charge in [-0.2, -0.15) is 5.26 Å². The summed E-state index contributed by atoms with van der Waals surface area (Å²) >= 11 is 6.38. The minimum atomic E-state index is -3.95. The number of aromatic nitrogens is 2. The highest BCUT2D eigenvalue weighted by molar-refractivity contribution is 7.92. The van der Waals surface area contributed by atoms with E-state index in [9.17, 15) is 18.5 Å². The van der Waals surface area contributed by atoms with E-state index in [-0.39, 0.29) is 33.6 Å². The van der Waals surface area contributed by atoms with E-state index in [4.69, 9.17) is 26.3 Å². The molecule has 1 aliphatic heterocycles. The van der Waals surface area contributed by atoms with E-state index in [0.29, 0.717) is 61.2 Å². The van der Waals surface area contributed by atoms with Crippen LogP contribution in [0, 0.1) is 11.3 Å². The van der Waals surface area contributed by atoms with Crippen LogP contribution in [-0.2, 0) is 19.3 Å². The lowest BCUT2D eigenvalue weighted by molar-refractivity contribution is 0.0985. The fourth-order valence-corrected chi connectivity index (χ4v) is 7.56. The number of benzene rings is 2. The van der Waals surface area contributed by atoms with Crippen LogP contribution >= 0.6 is 11.6 Å². The molecule has 3 aromatic rings. The van der Waals surface area contributed by atoms with Crippen LogP contribution in [-0.4, -0.2) is 56.3 Å². The monoisotopic (exact) mass is 592 g/mol. The van der Waals surface area contributed by atoms with E-state index >= 15 is 0 Å². The topological polar surface area (TPSA) is 137 Å². The van der Waals surface area contributed by atoms with Gasteiger partial charge in [-0.25, -0.2) is 23.2 Å². The van der Waals surface area contributed by atoms with Crippen molar-refractivity contribution in [3.05, 3.63) is 64.8 Å². The first kappa shape index (κ1) is 27.4. The van der Waals surface area contributed by atoms with Crippen molar-refractivity contribution < 1.29 is 17.9 Å². The number of hydrogen-bond donors (Lipinski definition) is 2. The maximum atomic E-state index is 14.1. The van der Waals surface area contributed by atoms with Crippen LogP contribution in [0.25, 0.3) is 11.4 Å². The van der Waals surface area contributed by atoms with Crippen LogP contribution in [0.15, 0.2) is 53.4 Å². The first-order valence-corrected chi connectivity index (χ1v) is 15.4. The number of morpholine rings is 1. The van der Waals surface area contributed by atoms with Crippen molar-refractivity contribution in [3.8, 4) is 17.5 Å². The molecule has 0 radical (unpaired) electrons. The molecule has 0 bridgehead atoms. The molecular weight excluding hydrogens is 564 g/mol. The molecule has 3 aliphatic rings. The summed E-state index contributed by atoms with van der Waals surface area (Å²) in [5.41, 5.74) is 2.01. The average molecular weight is 593 g/mol. The molecule has 2 heterocycles. The second-order valence-electron chi connectivity index (χ2n) is 10.8. The molecule has 2 aromatic carbocycles. The Hall–Kier alpha value is -3.72. The number of hydrogen-bond acceptors (Lipinski definition) is 8. The standard InChI is InChI=1S/C29H29ClN6O4S/c1-18-17-40-13-12-36(18)26-15-25(29(10-11-29)41(38,39)24-9-2-19(16-31)14-23(24)30)34-27(35-26)20-3-5-21(6-4-20)32-28(37)33-22-7-8-22/h2-6,9,14-15,18,22H,7-8,10-13,17H2,1H3,(H2,32,33,37)/t18-/m0/s1. The van der Waals surface area contributed by atoms with Gasteiger partial charge >= 0.3 is 6.03 Å². The smallest absolute Gasteiger partial charge is 0.319 e. The quantitative estimate of drug-likeness (QED) is 0.405. The van der Waals surface area contributed by atoms with Gasteiger partial charge in [0.2, 0.25) is 0 Å². The number of amides is 2. The molecule has 0 unspecified atom stereocenters. The van der Waals surface area contributed by atoms with E-state index in [1.807, 2.05) is 25.1 Å². The van der Waals surface area contributed by atoms with Crippen LogP contribution < -0.4 is 15.5 Å². The van der Waals surface area contributed by atoms with Crippen molar-refractivity contribution in [2.45, 2.75) is 54.3 Å². The molecule has 0 spiro atoms. The number of nitrogens with one attached hydrogen (secondary N) is 2. The molecule has 1 aromatic heterocycles. The van der Waals surface area contributed by atoms with E-state index in [1.54, 1.807) is 18.2 Å². The van der Waals surface area contributed by atoms with Gasteiger partial charge in [0.05, 0.1) is 46.5 Å². The number of ether oxygens (including phenoxy) is 1. The zero-order valence-corrected chi connectivity index (χ0v) is 24.0. The van der Waals surface area contributed by atoms with E-state index in [2.05, 4.69) is 15.5 Å². The molecule has 3 fully saturated rings. The van der Waals surface area contributed by atoms with Crippen molar-refractivity contribution >= 4 is 39.0 Å². The Morgan fingerprint density at radius 2 is 1.90 bits per heavy atom. The number of nitrogens with zero attached hydrogens (tertiary/aromatic N) is 4. The maximum absolute atomic E-state index is 14.1. The molecule has 2 aliphatic carbocycles. The Bertz CT molecular complexity index is 1650. The SMILES string of the molecule is C[C@H]1COCCN1c1cc(C2(S(=O)(=O)c3ccc(C#N)cc3Cl)CC2)nc(-c2ccc(NC(=O)NC3CC3)cc2)n1. The Morgan fingerprint density at radius 1 is 1.15 bits per heavy atom. The third kappa shape index (κ3) is 5.35. The molecule has 2 N–H and O–H groups in total. The van der Waals surface area contributed by atoms with Crippen LogP contribution in [0.2, 0.25) is 5.02 Å². The summed E-state index contributed by atoms with van der Waals surface area (Å²) in [7, 11) is -3.95. The Labute approximate surface area is 243 Å². The normalized spacial score (nSPS) is 19.7. The summed E-state index contributed by atoms with van der Waals surface area (Å²) in [6.45, 7) is 3.71. The van der Waals surface area contributed by atoms with Gasteiger partial charge in [0.15, 0.2) is 15.7 Å². The van der Waals surface area contributed by atoms with Crippen molar-refractivity contribution in [1.82, 2.24) is 15.3 Å². The van der Waals surface area contributed by atoms with Crippen molar-refractivity contribution in [2.24, 2.45) is 0 Å². The minimum Gasteiger partial charge on any atom is -0.377 e. The zero-order valence-electron chi connectivity index (χ0n) is 22.4. The number of nitriles is 1. The van der Waals surface area contributed by atoms with Crippen molar-refractivity contribution in [1.29, 1.82) is 5.26 Å². The second-order valence-corrected chi connectivity index (χ2v) is 13.4. The Morgan fingerprint density at radius 3 is 2.54 bits per heavy atom. The Kier molecular flexibility index (Phi) is 7.09. The van der Waals surface area contributed by atoms with Gasteiger partial charge in [0, 0.05) is 29.9 Å². The van der Waals surface area contributed by atoms with E-state index in [0.717, 1.165) is 12.8 Å². The fraction of sp³-hybridized carbons (Fsp3) is 0.379. The van der Waals surface area contributed by atoms with Crippen LogP contribution in [0.5, 0.6) is 0 Å². The summed E-state index contributed by atoms with van der Waals surface area (Å²) in [4.78, 5) is 23.9.